The highest BCUT2D eigenvalue weighted by Crippen LogP contribution is 2.29. The fourth-order valence-corrected chi connectivity index (χ4v) is 2.75. The summed E-state index contributed by atoms with van der Waals surface area (Å²) in [6.45, 7) is 4.65. The molecule has 2 rings (SSSR count). The maximum Gasteiger partial charge on any atom is 0.137 e. The van der Waals surface area contributed by atoms with E-state index in [1.807, 2.05) is 24.7 Å². The van der Waals surface area contributed by atoms with Gasteiger partial charge in [0, 0.05) is 26.0 Å². The number of β-amino-alcohol motifs (C(OH)–C–C–N with tert-alkyl or cyclic N) is 1. The maximum absolute atomic E-state index is 10.4. The summed E-state index contributed by atoms with van der Waals surface area (Å²) in [6.07, 6.45) is 5.62. The molecule has 1 aromatic heterocycles. The first-order chi connectivity index (χ1) is 9.11. The van der Waals surface area contributed by atoms with Crippen LogP contribution in [0, 0.1) is 5.92 Å². The second-order valence-electron chi connectivity index (χ2n) is 5.54. The molecule has 1 fully saturated rings. The molecule has 1 aliphatic heterocycles. The predicted molar refractivity (Wildman–Crippen MR) is 73.6 cm³/mol. The Hall–Kier alpha value is -0.910. The molecular weight excluding hydrogens is 242 g/mol. The van der Waals surface area contributed by atoms with Gasteiger partial charge in [-0.25, -0.2) is 4.98 Å². The number of likely N-dealkylation sites (tertiary alicyclic amines) is 1. The van der Waals surface area contributed by atoms with Gasteiger partial charge < -0.3 is 19.7 Å². The smallest absolute Gasteiger partial charge is 0.137 e. The lowest BCUT2D eigenvalue weighted by atomic mass is 9.90. The van der Waals surface area contributed by atoms with Gasteiger partial charge in [-0.05, 0) is 38.3 Å². The summed E-state index contributed by atoms with van der Waals surface area (Å²) in [5.41, 5.74) is 0. The highest BCUT2D eigenvalue weighted by atomic mass is 16.3. The van der Waals surface area contributed by atoms with Gasteiger partial charge in [0.15, 0.2) is 0 Å². The van der Waals surface area contributed by atoms with Gasteiger partial charge in [-0.2, -0.15) is 0 Å². The minimum Gasteiger partial charge on any atom is -0.392 e. The van der Waals surface area contributed by atoms with E-state index in [1.54, 1.807) is 6.20 Å². The first-order valence-electron chi connectivity index (χ1n) is 7.17. The SMILES string of the molecule is CCC(O)CN1CCC(C(O)c2nccn2C)CC1. The number of imidazole rings is 1. The fraction of sp³-hybridized carbons (Fsp3) is 0.786. The number of piperidine rings is 1. The van der Waals surface area contributed by atoms with Crippen molar-refractivity contribution in [2.75, 3.05) is 19.6 Å². The van der Waals surface area contributed by atoms with Crippen molar-refractivity contribution in [3.05, 3.63) is 18.2 Å². The summed E-state index contributed by atoms with van der Waals surface area (Å²) >= 11 is 0. The Morgan fingerprint density at radius 2 is 2.05 bits per heavy atom. The van der Waals surface area contributed by atoms with Gasteiger partial charge in [0.05, 0.1) is 6.10 Å². The van der Waals surface area contributed by atoms with Gasteiger partial charge in [-0.15, -0.1) is 0 Å². The molecule has 2 atom stereocenters. The molecule has 2 unspecified atom stereocenters. The van der Waals surface area contributed by atoms with E-state index in [-0.39, 0.29) is 12.0 Å². The van der Waals surface area contributed by atoms with Crippen LogP contribution in [-0.2, 0) is 7.05 Å². The molecule has 1 saturated heterocycles. The van der Waals surface area contributed by atoms with E-state index < -0.39 is 6.10 Å². The highest BCUT2D eigenvalue weighted by molar-refractivity contribution is 4.98. The second-order valence-corrected chi connectivity index (χ2v) is 5.54. The van der Waals surface area contributed by atoms with E-state index >= 15 is 0 Å². The Morgan fingerprint density at radius 1 is 1.37 bits per heavy atom. The van der Waals surface area contributed by atoms with Gasteiger partial charge in [0.1, 0.15) is 11.9 Å². The number of hydrogen-bond donors (Lipinski definition) is 2. The normalized spacial score (nSPS) is 21.5. The van der Waals surface area contributed by atoms with E-state index in [4.69, 9.17) is 0 Å². The number of aromatic nitrogens is 2. The Balaban J connectivity index is 1.85. The van der Waals surface area contributed by atoms with E-state index in [0.29, 0.717) is 0 Å². The second kappa shape index (κ2) is 6.50. The summed E-state index contributed by atoms with van der Waals surface area (Å²) in [5.74, 6) is 1.03. The van der Waals surface area contributed by atoms with Gasteiger partial charge in [0.2, 0.25) is 0 Å². The van der Waals surface area contributed by atoms with Gasteiger partial charge >= 0.3 is 0 Å². The fourth-order valence-electron chi connectivity index (χ4n) is 2.75. The third kappa shape index (κ3) is 3.55. The van der Waals surface area contributed by atoms with Crippen molar-refractivity contribution in [3.63, 3.8) is 0 Å². The molecule has 1 aliphatic rings. The number of hydrogen-bond acceptors (Lipinski definition) is 4. The number of aryl methyl sites for hydroxylation is 1. The van der Waals surface area contributed by atoms with Crippen molar-refractivity contribution in [2.24, 2.45) is 13.0 Å². The van der Waals surface area contributed by atoms with Crippen molar-refractivity contribution >= 4 is 0 Å². The van der Waals surface area contributed by atoms with Gasteiger partial charge in [-0.1, -0.05) is 6.92 Å². The Labute approximate surface area is 114 Å². The average molecular weight is 267 g/mol. The Kier molecular flexibility index (Phi) is 4.96. The van der Waals surface area contributed by atoms with Crippen LogP contribution in [0.5, 0.6) is 0 Å². The Morgan fingerprint density at radius 3 is 2.58 bits per heavy atom. The van der Waals surface area contributed by atoms with Crippen LogP contribution in [0.1, 0.15) is 38.1 Å². The molecule has 0 radical (unpaired) electrons. The lowest BCUT2D eigenvalue weighted by Crippen LogP contribution is -2.40. The quantitative estimate of drug-likeness (QED) is 0.833. The van der Waals surface area contributed by atoms with Crippen LogP contribution in [0.25, 0.3) is 0 Å². The van der Waals surface area contributed by atoms with Crippen LogP contribution in [0.2, 0.25) is 0 Å². The molecule has 1 aromatic rings. The van der Waals surface area contributed by atoms with Crippen molar-refractivity contribution in [3.8, 4) is 0 Å². The molecule has 5 nitrogen and oxygen atoms in total. The molecule has 0 spiro atoms. The predicted octanol–water partition coefficient (Wildman–Crippen LogP) is 0.936. The summed E-state index contributed by atoms with van der Waals surface area (Å²) in [6, 6.07) is 0. The average Bonchev–Trinajstić information content (AvgIpc) is 2.85. The molecule has 0 aliphatic carbocycles. The zero-order valence-electron chi connectivity index (χ0n) is 11.9. The molecule has 0 amide bonds. The number of aliphatic hydroxyl groups is 2. The van der Waals surface area contributed by atoms with Crippen LogP contribution >= 0.6 is 0 Å². The first kappa shape index (κ1) is 14.5. The summed E-state index contributed by atoms with van der Waals surface area (Å²) in [7, 11) is 1.91. The molecule has 5 heteroatoms. The molecule has 0 saturated carbocycles. The summed E-state index contributed by atoms with van der Waals surface area (Å²) in [4.78, 5) is 6.52. The van der Waals surface area contributed by atoms with Crippen molar-refractivity contribution < 1.29 is 10.2 Å². The van der Waals surface area contributed by atoms with Crippen molar-refractivity contribution in [2.45, 2.75) is 38.4 Å². The molecule has 0 bridgehead atoms. The van der Waals surface area contributed by atoms with Crippen LogP contribution in [0.15, 0.2) is 12.4 Å². The zero-order valence-corrected chi connectivity index (χ0v) is 11.9. The largest absolute Gasteiger partial charge is 0.392 e. The third-order valence-electron chi connectivity index (χ3n) is 4.14. The topological polar surface area (TPSA) is 61.5 Å². The number of nitrogens with zero attached hydrogens (tertiary/aromatic N) is 3. The van der Waals surface area contributed by atoms with Gasteiger partial charge in [-0.3, -0.25) is 0 Å². The molecule has 0 aromatic carbocycles. The first-order valence-corrected chi connectivity index (χ1v) is 7.17. The highest BCUT2D eigenvalue weighted by Gasteiger charge is 2.28. The van der Waals surface area contributed by atoms with Crippen LogP contribution in [-0.4, -0.2) is 50.4 Å². The van der Waals surface area contributed by atoms with Gasteiger partial charge in [0.25, 0.3) is 0 Å². The molecule has 2 heterocycles. The van der Waals surface area contributed by atoms with Crippen molar-refractivity contribution in [1.82, 2.24) is 14.5 Å². The van der Waals surface area contributed by atoms with Crippen LogP contribution in [0.3, 0.4) is 0 Å². The third-order valence-corrected chi connectivity index (χ3v) is 4.14. The maximum atomic E-state index is 10.4. The standard InChI is InChI=1S/C14H25N3O2/c1-3-12(18)10-17-7-4-11(5-8-17)13(19)14-15-6-9-16(14)2/h6,9,11-13,18-19H,3-5,7-8,10H2,1-2H3. The lowest BCUT2D eigenvalue weighted by molar-refractivity contribution is 0.0343. The summed E-state index contributed by atoms with van der Waals surface area (Å²) < 4.78 is 1.89. The molecule has 2 N–H and O–H groups in total. The molecular formula is C14H25N3O2. The van der Waals surface area contributed by atoms with Crippen LogP contribution < -0.4 is 0 Å². The summed E-state index contributed by atoms with van der Waals surface area (Å²) in [5, 5.41) is 20.0. The minimum atomic E-state index is -0.474. The van der Waals surface area contributed by atoms with Crippen molar-refractivity contribution in [1.29, 1.82) is 0 Å². The molecule has 19 heavy (non-hydrogen) atoms. The van der Waals surface area contributed by atoms with E-state index in [1.165, 1.54) is 0 Å². The van der Waals surface area contributed by atoms with E-state index in [2.05, 4.69) is 9.88 Å². The van der Waals surface area contributed by atoms with Crippen LogP contribution in [0.4, 0.5) is 0 Å². The lowest BCUT2D eigenvalue weighted by Gasteiger charge is -2.34. The Bertz CT molecular complexity index is 386. The monoisotopic (exact) mass is 267 g/mol. The minimum absolute atomic E-state index is 0.226. The zero-order chi connectivity index (χ0) is 13.8. The number of rotatable bonds is 5. The number of aliphatic hydroxyl groups excluding tert-OH is 2. The van der Waals surface area contributed by atoms with E-state index in [9.17, 15) is 10.2 Å². The molecule has 108 valence electrons. The van der Waals surface area contributed by atoms with E-state index in [0.717, 1.165) is 44.7 Å².